The van der Waals surface area contributed by atoms with E-state index in [0.717, 1.165) is 0 Å². The second-order valence-electron chi connectivity index (χ2n) is 6.73. The molecule has 0 fully saturated rings. The van der Waals surface area contributed by atoms with E-state index in [4.69, 9.17) is 9.47 Å². The van der Waals surface area contributed by atoms with Gasteiger partial charge >= 0.3 is 6.61 Å². The number of ether oxygens (including phenoxy) is 3. The van der Waals surface area contributed by atoms with E-state index in [1.54, 1.807) is 36.0 Å². The molecule has 0 saturated carbocycles. The molecule has 0 aliphatic carbocycles. The Bertz CT molecular complexity index is 1070. The van der Waals surface area contributed by atoms with Gasteiger partial charge in [-0.1, -0.05) is 13.0 Å². The Labute approximate surface area is 183 Å². The van der Waals surface area contributed by atoms with Gasteiger partial charge in [-0.15, -0.1) is 10.2 Å². The second-order valence-corrected chi connectivity index (χ2v) is 6.73. The molecule has 170 valence electrons. The molecule has 2 heterocycles. The molecule has 0 saturated heterocycles. The number of benzene rings is 1. The maximum absolute atomic E-state index is 13.1. The molecule has 0 radical (unpaired) electrons. The zero-order valence-electron chi connectivity index (χ0n) is 18.1. The Hall–Kier alpha value is -3.76. The van der Waals surface area contributed by atoms with Crippen molar-refractivity contribution >= 4 is 5.91 Å². The van der Waals surface area contributed by atoms with Crippen LogP contribution in [0, 0.1) is 0 Å². The van der Waals surface area contributed by atoms with Crippen LogP contribution in [0.4, 0.5) is 8.78 Å². The highest BCUT2D eigenvalue weighted by molar-refractivity contribution is 5.95. The van der Waals surface area contributed by atoms with Crippen molar-refractivity contribution in [1.29, 1.82) is 0 Å². The van der Waals surface area contributed by atoms with Crippen molar-refractivity contribution in [1.82, 2.24) is 24.9 Å². The number of hydrogen-bond donors (Lipinski definition) is 0. The zero-order valence-corrected chi connectivity index (χ0v) is 18.1. The maximum Gasteiger partial charge on any atom is 0.387 e. The molecule has 3 aromatic rings. The van der Waals surface area contributed by atoms with E-state index >= 15 is 0 Å². The van der Waals surface area contributed by atoms with Crippen molar-refractivity contribution in [2.24, 2.45) is 0 Å². The van der Waals surface area contributed by atoms with Crippen LogP contribution in [0.15, 0.2) is 36.5 Å². The standard InChI is InChI=1S/C21H23F2N5O4/c1-5-15-14(11-24-28(15)18-8-9-19(31-4)26-25-18)20(29)27(2)12-13-6-7-16(32-21(22)23)17(10-13)30-3/h6-11,21H,5,12H2,1-4H3. The Morgan fingerprint density at radius 2 is 1.91 bits per heavy atom. The van der Waals surface area contributed by atoms with Crippen LogP contribution >= 0.6 is 0 Å². The van der Waals surface area contributed by atoms with Crippen molar-refractivity contribution in [3.63, 3.8) is 0 Å². The Morgan fingerprint density at radius 1 is 1.12 bits per heavy atom. The van der Waals surface area contributed by atoms with Crippen molar-refractivity contribution < 1.29 is 27.8 Å². The molecule has 2 aromatic heterocycles. The summed E-state index contributed by atoms with van der Waals surface area (Å²) >= 11 is 0. The van der Waals surface area contributed by atoms with Crippen LogP contribution in [0.3, 0.4) is 0 Å². The highest BCUT2D eigenvalue weighted by Crippen LogP contribution is 2.30. The molecule has 0 N–H and O–H groups in total. The number of rotatable bonds is 9. The summed E-state index contributed by atoms with van der Waals surface area (Å²) in [5, 5.41) is 12.3. The third-order valence-corrected chi connectivity index (χ3v) is 4.70. The van der Waals surface area contributed by atoms with Crippen LogP contribution in [0.25, 0.3) is 5.82 Å². The molecule has 0 unspecified atom stereocenters. The van der Waals surface area contributed by atoms with Crippen LogP contribution in [-0.2, 0) is 13.0 Å². The summed E-state index contributed by atoms with van der Waals surface area (Å²) in [5.74, 6) is 0.666. The van der Waals surface area contributed by atoms with Gasteiger partial charge in [0.15, 0.2) is 17.3 Å². The van der Waals surface area contributed by atoms with Gasteiger partial charge in [0.2, 0.25) is 5.88 Å². The average Bonchev–Trinajstić information content (AvgIpc) is 3.23. The third-order valence-electron chi connectivity index (χ3n) is 4.70. The topological polar surface area (TPSA) is 91.6 Å². The van der Waals surface area contributed by atoms with Gasteiger partial charge in [-0.3, -0.25) is 4.79 Å². The van der Waals surface area contributed by atoms with Crippen LogP contribution in [0.1, 0.15) is 28.5 Å². The van der Waals surface area contributed by atoms with E-state index < -0.39 is 6.61 Å². The highest BCUT2D eigenvalue weighted by atomic mass is 19.3. The lowest BCUT2D eigenvalue weighted by Gasteiger charge is -2.19. The van der Waals surface area contributed by atoms with Gasteiger partial charge in [0.1, 0.15) is 0 Å². The second kappa shape index (κ2) is 10.0. The fourth-order valence-corrected chi connectivity index (χ4v) is 3.18. The van der Waals surface area contributed by atoms with E-state index in [0.29, 0.717) is 34.9 Å². The molecule has 0 bridgehead atoms. The van der Waals surface area contributed by atoms with Gasteiger partial charge in [0.05, 0.1) is 31.7 Å². The van der Waals surface area contributed by atoms with Crippen molar-refractivity contribution in [2.75, 3.05) is 21.3 Å². The maximum atomic E-state index is 13.1. The van der Waals surface area contributed by atoms with Gasteiger partial charge in [-0.05, 0) is 30.2 Å². The predicted molar refractivity (Wildman–Crippen MR) is 111 cm³/mol. The van der Waals surface area contributed by atoms with E-state index in [1.807, 2.05) is 6.92 Å². The first-order chi connectivity index (χ1) is 15.4. The number of methoxy groups -OCH3 is 2. The summed E-state index contributed by atoms with van der Waals surface area (Å²) in [5.41, 5.74) is 1.79. The molecule has 0 aliphatic rings. The molecular formula is C21H23F2N5O4. The molecule has 3 rings (SSSR count). The summed E-state index contributed by atoms with van der Waals surface area (Å²) in [4.78, 5) is 14.6. The van der Waals surface area contributed by atoms with Gasteiger partial charge in [-0.25, -0.2) is 4.68 Å². The third kappa shape index (κ3) is 4.93. The lowest BCUT2D eigenvalue weighted by molar-refractivity contribution is -0.0512. The first-order valence-corrected chi connectivity index (χ1v) is 9.70. The average molecular weight is 447 g/mol. The number of amides is 1. The zero-order chi connectivity index (χ0) is 23.3. The number of hydrogen-bond acceptors (Lipinski definition) is 7. The van der Waals surface area contributed by atoms with Crippen molar-refractivity contribution in [2.45, 2.75) is 26.5 Å². The summed E-state index contributed by atoms with van der Waals surface area (Å²) in [6.45, 7) is -0.826. The fraction of sp³-hybridized carbons (Fsp3) is 0.333. The minimum atomic E-state index is -2.96. The minimum absolute atomic E-state index is 0.0737. The number of carbonyl (C=O) groups is 1. The monoisotopic (exact) mass is 447 g/mol. The van der Waals surface area contributed by atoms with Crippen molar-refractivity contribution in [3.8, 4) is 23.2 Å². The molecule has 1 aromatic carbocycles. The summed E-state index contributed by atoms with van der Waals surface area (Å²) in [6, 6.07) is 7.90. The summed E-state index contributed by atoms with van der Waals surface area (Å²) < 4.78 is 41.2. The Morgan fingerprint density at radius 3 is 2.50 bits per heavy atom. The quantitative estimate of drug-likeness (QED) is 0.498. The molecule has 32 heavy (non-hydrogen) atoms. The minimum Gasteiger partial charge on any atom is -0.493 e. The van der Waals surface area contributed by atoms with Crippen LogP contribution < -0.4 is 14.2 Å². The predicted octanol–water partition coefficient (Wildman–Crippen LogP) is 3.12. The van der Waals surface area contributed by atoms with E-state index in [-0.39, 0.29) is 24.0 Å². The number of carbonyl (C=O) groups excluding carboxylic acids is 1. The SMILES string of the molecule is CCc1c(C(=O)N(C)Cc2ccc(OC(F)F)c(OC)c2)cnn1-c1ccc(OC)nn1. The molecule has 11 heteroatoms. The first-order valence-electron chi connectivity index (χ1n) is 9.70. The summed E-state index contributed by atoms with van der Waals surface area (Å²) in [6.07, 6.45) is 2.03. The summed E-state index contributed by atoms with van der Waals surface area (Å²) in [7, 11) is 4.50. The lowest BCUT2D eigenvalue weighted by atomic mass is 10.1. The van der Waals surface area contributed by atoms with Gasteiger partial charge in [0, 0.05) is 19.7 Å². The number of aromatic nitrogens is 4. The highest BCUT2D eigenvalue weighted by Gasteiger charge is 2.22. The molecule has 1 amide bonds. The number of nitrogens with zero attached hydrogens (tertiary/aromatic N) is 5. The van der Waals surface area contributed by atoms with Gasteiger partial charge < -0.3 is 19.1 Å². The first kappa shape index (κ1) is 22.9. The van der Waals surface area contributed by atoms with Crippen LogP contribution in [0.5, 0.6) is 17.4 Å². The van der Waals surface area contributed by atoms with Crippen LogP contribution in [-0.4, -0.2) is 58.7 Å². The molecule has 0 spiro atoms. The number of halogens is 2. The smallest absolute Gasteiger partial charge is 0.387 e. The van der Waals surface area contributed by atoms with Gasteiger partial charge in [-0.2, -0.15) is 13.9 Å². The van der Waals surface area contributed by atoms with Gasteiger partial charge in [0.25, 0.3) is 5.91 Å². The molecule has 9 nitrogen and oxygen atoms in total. The molecule has 0 atom stereocenters. The van der Waals surface area contributed by atoms with Crippen molar-refractivity contribution in [3.05, 3.63) is 53.3 Å². The molecule has 0 aliphatic heterocycles. The van der Waals surface area contributed by atoms with E-state index in [1.165, 1.54) is 31.4 Å². The number of alkyl halides is 2. The van der Waals surface area contributed by atoms with E-state index in [2.05, 4.69) is 20.0 Å². The Balaban J connectivity index is 1.80. The fourth-order valence-electron chi connectivity index (χ4n) is 3.18. The Kier molecular flexibility index (Phi) is 7.18. The lowest BCUT2D eigenvalue weighted by Crippen LogP contribution is -2.27. The molecular weight excluding hydrogens is 424 g/mol. The largest absolute Gasteiger partial charge is 0.493 e. The van der Waals surface area contributed by atoms with E-state index in [9.17, 15) is 13.6 Å². The normalized spacial score (nSPS) is 10.8. The van der Waals surface area contributed by atoms with Crippen LogP contribution in [0.2, 0.25) is 0 Å².